The normalized spacial score (nSPS) is 13.7. The van der Waals surface area contributed by atoms with Crippen molar-refractivity contribution in [1.29, 1.82) is 0 Å². The molecule has 0 aliphatic heterocycles. The number of aromatic nitrogens is 1. The first-order valence-electron chi connectivity index (χ1n) is 9.21. The van der Waals surface area contributed by atoms with E-state index < -0.39 is 0 Å². The standard InChI is InChI=1S/C18H29N3O2S/c1-2-3-4-5-6-7-8-11-19-16(22)12-15-13-24-18(20-15)21-17(23)14-9-10-14/h13-14H,2-12H2,1H3,(H,19,22)(H,20,21,23). The van der Waals surface area contributed by atoms with Crippen LogP contribution in [0.3, 0.4) is 0 Å². The number of nitrogens with zero attached hydrogens (tertiary/aromatic N) is 1. The van der Waals surface area contributed by atoms with Gasteiger partial charge in [-0.05, 0) is 19.3 Å². The van der Waals surface area contributed by atoms with Gasteiger partial charge in [0.15, 0.2) is 5.13 Å². The highest BCUT2D eigenvalue weighted by Crippen LogP contribution is 2.30. The van der Waals surface area contributed by atoms with Crippen LogP contribution >= 0.6 is 11.3 Å². The van der Waals surface area contributed by atoms with Gasteiger partial charge in [0.2, 0.25) is 11.8 Å². The van der Waals surface area contributed by atoms with Crippen molar-refractivity contribution >= 4 is 28.3 Å². The lowest BCUT2D eigenvalue weighted by atomic mass is 10.1. The number of carbonyl (C=O) groups excluding carboxylic acids is 2. The lowest BCUT2D eigenvalue weighted by Crippen LogP contribution is -2.26. The van der Waals surface area contributed by atoms with Crippen molar-refractivity contribution in [3.63, 3.8) is 0 Å². The second kappa shape index (κ2) is 10.4. The molecule has 2 amide bonds. The number of amides is 2. The van der Waals surface area contributed by atoms with Gasteiger partial charge in [-0.1, -0.05) is 45.4 Å². The molecule has 0 aromatic carbocycles. The van der Waals surface area contributed by atoms with Gasteiger partial charge < -0.3 is 10.6 Å². The molecule has 24 heavy (non-hydrogen) atoms. The van der Waals surface area contributed by atoms with E-state index in [0.29, 0.717) is 5.13 Å². The molecule has 1 heterocycles. The number of carbonyl (C=O) groups is 2. The molecule has 2 N–H and O–H groups in total. The summed E-state index contributed by atoms with van der Waals surface area (Å²) in [5.41, 5.74) is 0.725. The minimum absolute atomic E-state index is 0.00588. The zero-order valence-electron chi connectivity index (χ0n) is 14.6. The molecule has 5 nitrogen and oxygen atoms in total. The second-order valence-electron chi connectivity index (χ2n) is 6.56. The summed E-state index contributed by atoms with van der Waals surface area (Å²) >= 11 is 1.38. The largest absolute Gasteiger partial charge is 0.356 e. The minimum atomic E-state index is 0.00588. The van der Waals surface area contributed by atoms with Crippen molar-refractivity contribution in [2.45, 2.75) is 71.1 Å². The van der Waals surface area contributed by atoms with E-state index in [-0.39, 0.29) is 24.2 Å². The Morgan fingerprint density at radius 3 is 2.58 bits per heavy atom. The Kier molecular flexibility index (Phi) is 8.22. The molecular weight excluding hydrogens is 322 g/mol. The van der Waals surface area contributed by atoms with Gasteiger partial charge in [-0.25, -0.2) is 4.98 Å². The topological polar surface area (TPSA) is 71.1 Å². The number of anilines is 1. The molecule has 1 aromatic rings. The van der Waals surface area contributed by atoms with E-state index in [1.807, 2.05) is 5.38 Å². The summed E-state index contributed by atoms with van der Waals surface area (Å²) in [7, 11) is 0. The first kappa shape index (κ1) is 18.9. The maximum atomic E-state index is 11.9. The Morgan fingerprint density at radius 2 is 1.88 bits per heavy atom. The third-order valence-corrected chi connectivity index (χ3v) is 4.98. The predicted octanol–water partition coefficient (Wildman–Crippen LogP) is 3.90. The van der Waals surface area contributed by atoms with E-state index in [1.165, 1.54) is 49.9 Å². The predicted molar refractivity (Wildman–Crippen MR) is 98.2 cm³/mol. The number of nitrogens with one attached hydrogen (secondary N) is 2. The first-order chi connectivity index (χ1) is 11.7. The zero-order chi connectivity index (χ0) is 17.2. The van der Waals surface area contributed by atoms with Crippen molar-refractivity contribution < 1.29 is 9.59 Å². The minimum Gasteiger partial charge on any atom is -0.356 e. The highest BCUT2D eigenvalue weighted by molar-refractivity contribution is 7.13. The summed E-state index contributed by atoms with van der Waals surface area (Å²) in [4.78, 5) is 27.9. The molecule has 1 aromatic heterocycles. The van der Waals surface area contributed by atoms with Gasteiger partial charge in [0, 0.05) is 17.8 Å². The van der Waals surface area contributed by atoms with Crippen LogP contribution in [0.2, 0.25) is 0 Å². The van der Waals surface area contributed by atoms with E-state index in [2.05, 4.69) is 22.5 Å². The van der Waals surface area contributed by atoms with Crippen LogP contribution in [-0.2, 0) is 16.0 Å². The summed E-state index contributed by atoms with van der Waals surface area (Å²) in [5.74, 6) is 0.230. The molecule has 0 radical (unpaired) electrons. The monoisotopic (exact) mass is 351 g/mol. The maximum Gasteiger partial charge on any atom is 0.229 e. The van der Waals surface area contributed by atoms with Crippen LogP contribution in [0.4, 0.5) is 5.13 Å². The number of hydrogen-bond donors (Lipinski definition) is 2. The Labute approximate surface area is 148 Å². The fourth-order valence-corrected chi connectivity index (χ4v) is 3.25. The Balaban J connectivity index is 1.54. The highest BCUT2D eigenvalue weighted by Gasteiger charge is 2.30. The average Bonchev–Trinajstić information content (AvgIpc) is 3.33. The summed E-state index contributed by atoms with van der Waals surface area (Å²) in [5, 5.41) is 8.21. The van der Waals surface area contributed by atoms with Gasteiger partial charge in [-0.15, -0.1) is 11.3 Å². The van der Waals surface area contributed by atoms with Crippen molar-refractivity contribution in [2.24, 2.45) is 5.92 Å². The van der Waals surface area contributed by atoms with Crippen LogP contribution in [0.15, 0.2) is 5.38 Å². The molecule has 1 aliphatic carbocycles. The molecular formula is C18H29N3O2S. The molecule has 1 saturated carbocycles. The lowest BCUT2D eigenvalue weighted by molar-refractivity contribution is -0.120. The molecule has 0 saturated heterocycles. The van der Waals surface area contributed by atoms with E-state index in [4.69, 9.17) is 0 Å². The highest BCUT2D eigenvalue weighted by atomic mass is 32.1. The fraction of sp³-hybridized carbons (Fsp3) is 0.722. The van der Waals surface area contributed by atoms with Crippen molar-refractivity contribution in [3.8, 4) is 0 Å². The van der Waals surface area contributed by atoms with Crippen molar-refractivity contribution in [2.75, 3.05) is 11.9 Å². The Morgan fingerprint density at radius 1 is 1.17 bits per heavy atom. The molecule has 0 spiro atoms. The van der Waals surface area contributed by atoms with Gasteiger partial charge in [-0.3, -0.25) is 9.59 Å². The van der Waals surface area contributed by atoms with E-state index in [0.717, 1.165) is 31.5 Å². The molecule has 1 fully saturated rings. The Bertz CT molecular complexity index is 526. The Hall–Kier alpha value is -1.43. The lowest BCUT2D eigenvalue weighted by Gasteiger charge is -2.04. The fourth-order valence-electron chi connectivity index (χ4n) is 2.54. The van der Waals surface area contributed by atoms with E-state index in [9.17, 15) is 9.59 Å². The van der Waals surface area contributed by atoms with Crippen molar-refractivity contribution in [3.05, 3.63) is 11.1 Å². The van der Waals surface area contributed by atoms with Crippen LogP contribution < -0.4 is 10.6 Å². The van der Waals surface area contributed by atoms with Crippen molar-refractivity contribution in [1.82, 2.24) is 10.3 Å². The quantitative estimate of drug-likeness (QED) is 0.561. The second-order valence-corrected chi connectivity index (χ2v) is 7.41. The number of rotatable bonds is 12. The summed E-state index contributed by atoms with van der Waals surface area (Å²) < 4.78 is 0. The molecule has 0 atom stereocenters. The van der Waals surface area contributed by atoms with Crippen LogP contribution in [0.5, 0.6) is 0 Å². The number of unbranched alkanes of at least 4 members (excludes halogenated alkanes) is 6. The summed E-state index contributed by atoms with van der Waals surface area (Å²) in [6.45, 7) is 2.96. The SMILES string of the molecule is CCCCCCCCCNC(=O)Cc1csc(NC(=O)C2CC2)n1. The van der Waals surface area contributed by atoms with E-state index >= 15 is 0 Å². The van der Waals surface area contributed by atoms with Gasteiger partial charge in [0.1, 0.15) is 0 Å². The zero-order valence-corrected chi connectivity index (χ0v) is 15.4. The van der Waals surface area contributed by atoms with Crippen LogP contribution in [0.1, 0.15) is 70.4 Å². The van der Waals surface area contributed by atoms with Gasteiger partial charge in [-0.2, -0.15) is 0 Å². The average molecular weight is 352 g/mol. The maximum absolute atomic E-state index is 11.9. The third-order valence-electron chi connectivity index (χ3n) is 4.17. The van der Waals surface area contributed by atoms with Crippen LogP contribution in [0.25, 0.3) is 0 Å². The smallest absolute Gasteiger partial charge is 0.229 e. The molecule has 0 bridgehead atoms. The van der Waals surface area contributed by atoms with Crippen LogP contribution in [0, 0.1) is 5.92 Å². The molecule has 6 heteroatoms. The first-order valence-corrected chi connectivity index (χ1v) is 10.1. The molecule has 134 valence electrons. The third kappa shape index (κ3) is 7.43. The summed E-state index contributed by atoms with van der Waals surface area (Å²) in [6.07, 6.45) is 10.9. The van der Waals surface area contributed by atoms with E-state index in [1.54, 1.807) is 0 Å². The number of thiazole rings is 1. The molecule has 2 rings (SSSR count). The number of hydrogen-bond acceptors (Lipinski definition) is 4. The van der Waals surface area contributed by atoms with Crippen LogP contribution in [-0.4, -0.2) is 23.3 Å². The van der Waals surface area contributed by atoms with Gasteiger partial charge >= 0.3 is 0 Å². The van der Waals surface area contributed by atoms with Gasteiger partial charge in [0.05, 0.1) is 12.1 Å². The molecule has 0 unspecified atom stereocenters. The summed E-state index contributed by atoms with van der Waals surface area (Å²) in [6, 6.07) is 0. The molecule has 1 aliphatic rings. The van der Waals surface area contributed by atoms with Gasteiger partial charge in [0.25, 0.3) is 0 Å².